The summed E-state index contributed by atoms with van der Waals surface area (Å²) in [6.07, 6.45) is 2.97. The summed E-state index contributed by atoms with van der Waals surface area (Å²) >= 11 is 0. The van der Waals surface area contributed by atoms with Gasteiger partial charge in [0.1, 0.15) is 12.4 Å². The number of allylic oxidation sites excluding steroid dienone is 1. The Morgan fingerprint density at radius 2 is 1.78 bits per heavy atom. The van der Waals surface area contributed by atoms with Crippen LogP contribution < -0.4 is 0 Å². The Hall–Kier alpha value is -3.08. The number of carbonyl (C=O) groups excluding carboxylic acids is 1. The van der Waals surface area contributed by atoms with Crippen molar-refractivity contribution in [2.45, 2.75) is 13.5 Å². The number of phenolic OH excluding ortho intramolecular Hbond substituents is 1. The Bertz CT molecular complexity index is 662. The first kappa shape index (κ1) is 18.0. The van der Waals surface area contributed by atoms with Crippen molar-refractivity contribution in [2.75, 3.05) is 0 Å². The maximum atomic E-state index is 10.9. The summed E-state index contributed by atoms with van der Waals surface area (Å²) in [5.41, 5.74) is 1.10. The minimum absolute atomic E-state index is 0.171. The lowest BCUT2D eigenvalue weighted by atomic mass is 10.2. The number of benzene rings is 2. The Morgan fingerprint density at radius 3 is 2.30 bits per heavy atom. The topological polar surface area (TPSA) is 83.8 Å². The number of carbonyl (C=O) groups is 2. The predicted octanol–water partition coefficient (Wildman–Crippen LogP) is 3.40. The van der Waals surface area contributed by atoms with Crippen LogP contribution in [0.5, 0.6) is 5.75 Å². The molecule has 0 unspecified atom stereocenters. The normalized spacial score (nSPS) is 9.78. The molecule has 5 heteroatoms. The van der Waals surface area contributed by atoms with Gasteiger partial charge in [-0.1, -0.05) is 36.4 Å². The van der Waals surface area contributed by atoms with Gasteiger partial charge in [-0.15, -0.1) is 0 Å². The Morgan fingerprint density at radius 1 is 1.09 bits per heavy atom. The molecular weight excluding hydrogens is 296 g/mol. The van der Waals surface area contributed by atoms with Crippen LogP contribution in [0.3, 0.4) is 0 Å². The van der Waals surface area contributed by atoms with E-state index < -0.39 is 5.97 Å². The summed E-state index contributed by atoms with van der Waals surface area (Å²) in [6, 6.07) is 14.9. The summed E-state index contributed by atoms with van der Waals surface area (Å²) in [4.78, 5) is 21.1. The van der Waals surface area contributed by atoms with Gasteiger partial charge in [0.2, 0.25) is 0 Å². The molecular formula is C18H18O5. The summed E-state index contributed by atoms with van der Waals surface area (Å²) in [5.74, 6) is -1.09. The molecule has 5 nitrogen and oxygen atoms in total. The molecule has 0 fully saturated rings. The fourth-order valence-electron chi connectivity index (χ4n) is 1.57. The second-order valence-corrected chi connectivity index (χ2v) is 4.45. The van der Waals surface area contributed by atoms with E-state index in [4.69, 9.17) is 14.9 Å². The SMILES string of the molecule is CC=CC(=O)OCc1cccc(O)c1.O=C(O)c1ccccc1. The highest BCUT2D eigenvalue weighted by molar-refractivity contribution is 5.87. The van der Waals surface area contributed by atoms with E-state index in [2.05, 4.69) is 0 Å². The molecule has 2 rings (SSSR count). The molecule has 0 aliphatic carbocycles. The third-order valence-electron chi connectivity index (χ3n) is 2.62. The molecule has 0 radical (unpaired) electrons. The largest absolute Gasteiger partial charge is 0.508 e. The second kappa shape index (κ2) is 9.78. The first-order valence-electron chi connectivity index (χ1n) is 6.88. The van der Waals surface area contributed by atoms with Crippen molar-refractivity contribution in [3.63, 3.8) is 0 Å². The fraction of sp³-hybridized carbons (Fsp3) is 0.111. The summed E-state index contributed by atoms with van der Waals surface area (Å²) in [6.45, 7) is 1.92. The zero-order chi connectivity index (χ0) is 17.1. The summed E-state index contributed by atoms with van der Waals surface area (Å²) < 4.78 is 4.89. The number of phenols is 1. The van der Waals surface area contributed by atoms with E-state index in [0.717, 1.165) is 5.56 Å². The third-order valence-corrected chi connectivity index (χ3v) is 2.62. The fourth-order valence-corrected chi connectivity index (χ4v) is 1.57. The van der Waals surface area contributed by atoms with Crippen LogP contribution in [0.1, 0.15) is 22.8 Å². The van der Waals surface area contributed by atoms with E-state index in [9.17, 15) is 9.59 Å². The van der Waals surface area contributed by atoms with E-state index in [1.807, 2.05) is 0 Å². The van der Waals surface area contributed by atoms with Crippen molar-refractivity contribution in [1.29, 1.82) is 0 Å². The van der Waals surface area contributed by atoms with E-state index in [1.54, 1.807) is 67.6 Å². The first-order chi connectivity index (χ1) is 11.0. The van der Waals surface area contributed by atoms with Gasteiger partial charge in [-0.25, -0.2) is 9.59 Å². The molecule has 23 heavy (non-hydrogen) atoms. The standard InChI is InChI=1S/C11H12O3.C7H6O2/c1-2-4-11(13)14-8-9-5-3-6-10(12)7-9;8-7(9)6-4-2-1-3-5-6/h2-7,12H,8H2,1H3;1-5H,(H,8,9). The number of aromatic carboxylic acids is 1. The van der Waals surface area contributed by atoms with Crippen LogP contribution in [-0.2, 0) is 16.1 Å². The molecule has 0 saturated carbocycles. The number of hydrogen-bond donors (Lipinski definition) is 2. The van der Waals surface area contributed by atoms with Gasteiger partial charge in [0.15, 0.2) is 0 Å². The smallest absolute Gasteiger partial charge is 0.335 e. The van der Waals surface area contributed by atoms with Crippen molar-refractivity contribution in [3.8, 4) is 5.75 Å². The van der Waals surface area contributed by atoms with Crippen molar-refractivity contribution >= 4 is 11.9 Å². The Balaban J connectivity index is 0.000000253. The van der Waals surface area contributed by atoms with Crippen LogP contribution in [-0.4, -0.2) is 22.2 Å². The molecule has 0 heterocycles. The second-order valence-electron chi connectivity index (χ2n) is 4.45. The number of ether oxygens (including phenoxy) is 1. The number of aromatic hydroxyl groups is 1. The van der Waals surface area contributed by atoms with Crippen LogP contribution in [0.4, 0.5) is 0 Å². The lowest BCUT2D eigenvalue weighted by Gasteiger charge is -2.02. The lowest BCUT2D eigenvalue weighted by Crippen LogP contribution is -2.00. The van der Waals surface area contributed by atoms with Crippen LogP contribution >= 0.6 is 0 Å². The van der Waals surface area contributed by atoms with Gasteiger partial charge < -0.3 is 14.9 Å². The number of carboxylic acid groups (broad SMARTS) is 1. The average Bonchev–Trinajstić information content (AvgIpc) is 2.55. The predicted molar refractivity (Wildman–Crippen MR) is 86.1 cm³/mol. The summed E-state index contributed by atoms with van der Waals surface area (Å²) in [7, 11) is 0. The monoisotopic (exact) mass is 314 g/mol. The van der Waals surface area contributed by atoms with Gasteiger partial charge in [-0.3, -0.25) is 0 Å². The van der Waals surface area contributed by atoms with Gasteiger partial charge in [-0.05, 0) is 36.8 Å². The minimum atomic E-state index is -0.879. The third kappa shape index (κ3) is 7.47. The molecule has 120 valence electrons. The average molecular weight is 314 g/mol. The van der Waals surface area contributed by atoms with Crippen LogP contribution in [0.15, 0.2) is 66.7 Å². The van der Waals surface area contributed by atoms with Crippen LogP contribution in [0, 0.1) is 0 Å². The van der Waals surface area contributed by atoms with Gasteiger partial charge in [0, 0.05) is 6.08 Å². The maximum Gasteiger partial charge on any atom is 0.335 e. The van der Waals surface area contributed by atoms with Gasteiger partial charge in [0.25, 0.3) is 0 Å². The molecule has 2 aromatic rings. The zero-order valence-corrected chi connectivity index (χ0v) is 12.7. The molecule has 0 saturated heterocycles. The number of carboxylic acids is 1. The highest BCUT2D eigenvalue weighted by Crippen LogP contribution is 2.11. The van der Waals surface area contributed by atoms with Crippen LogP contribution in [0.25, 0.3) is 0 Å². The van der Waals surface area contributed by atoms with Crippen molar-refractivity contribution in [1.82, 2.24) is 0 Å². The quantitative estimate of drug-likeness (QED) is 0.667. The molecule has 0 aliphatic rings. The molecule has 0 atom stereocenters. The van der Waals surface area contributed by atoms with Crippen molar-refractivity contribution in [2.24, 2.45) is 0 Å². The zero-order valence-electron chi connectivity index (χ0n) is 12.7. The molecule has 0 amide bonds. The number of rotatable bonds is 4. The first-order valence-corrected chi connectivity index (χ1v) is 6.88. The van der Waals surface area contributed by atoms with E-state index in [0.29, 0.717) is 5.56 Å². The van der Waals surface area contributed by atoms with Crippen molar-refractivity contribution in [3.05, 3.63) is 77.9 Å². The van der Waals surface area contributed by atoms with Gasteiger partial charge in [0.05, 0.1) is 5.56 Å². The molecule has 0 aliphatic heterocycles. The van der Waals surface area contributed by atoms with E-state index >= 15 is 0 Å². The van der Waals surface area contributed by atoms with Crippen LogP contribution in [0.2, 0.25) is 0 Å². The highest BCUT2D eigenvalue weighted by atomic mass is 16.5. The lowest BCUT2D eigenvalue weighted by molar-refractivity contribution is -0.139. The molecule has 0 bridgehead atoms. The number of hydrogen-bond acceptors (Lipinski definition) is 4. The van der Waals surface area contributed by atoms with E-state index in [-0.39, 0.29) is 18.3 Å². The van der Waals surface area contributed by atoms with Crippen molar-refractivity contribution < 1.29 is 24.5 Å². The van der Waals surface area contributed by atoms with Gasteiger partial charge >= 0.3 is 11.9 Å². The Labute approximate surface area is 134 Å². The molecule has 0 aromatic heterocycles. The molecule has 2 aromatic carbocycles. The minimum Gasteiger partial charge on any atom is -0.508 e. The number of esters is 1. The maximum absolute atomic E-state index is 10.9. The Kier molecular flexibility index (Phi) is 7.64. The molecule has 2 N–H and O–H groups in total. The summed E-state index contributed by atoms with van der Waals surface area (Å²) in [5, 5.41) is 17.5. The van der Waals surface area contributed by atoms with E-state index in [1.165, 1.54) is 6.08 Å². The molecule has 0 spiro atoms. The highest BCUT2D eigenvalue weighted by Gasteiger charge is 1.98. The van der Waals surface area contributed by atoms with Gasteiger partial charge in [-0.2, -0.15) is 0 Å².